The molecule has 1 aromatic heterocycles. The van der Waals surface area contributed by atoms with E-state index >= 15 is 0 Å². The van der Waals surface area contributed by atoms with Crippen LogP contribution in [0.15, 0.2) is 36.4 Å². The van der Waals surface area contributed by atoms with Crippen LogP contribution in [0, 0.1) is 0 Å². The second-order valence-corrected chi connectivity index (χ2v) is 7.20. The van der Waals surface area contributed by atoms with Crippen molar-refractivity contribution in [3.63, 3.8) is 0 Å². The first kappa shape index (κ1) is 17.5. The summed E-state index contributed by atoms with van der Waals surface area (Å²) in [6.45, 7) is 3.30. The average molecular weight is 377 g/mol. The summed E-state index contributed by atoms with van der Waals surface area (Å²) in [5.41, 5.74) is 0.761. The maximum Gasteiger partial charge on any atom is 0.573 e. The number of rotatable bonds is 4. The van der Waals surface area contributed by atoms with Gasteiger partial charge in [0.25, 0.3) is 0 Å². The number of hydrogen-bond donors (Lipinski definition) is 1. The van der Waals surface area contributed by atoms with E-state index in [1.54, 1.807) is 6.07 Å². The van der Waals surface area contributed by atoms with Gasteiger partial charge in [-0.05, 0) is 29.8 Å². The quantitative estimate of drug-likeness (QED) is 0.861. The van der Waals surface area contributed by atoms with Gasteiger partial charge >= 0.3 is 6.36 Å². The molecule has 130 valence electrons. The van der Waals surface area contributed by atoms with Crippen LogP contribution in [-0.4, -0.2) is 37.4 Å². The van der Waals surface area contributed by atoms with Gasteiger partial charge in [-0.3, -0.25) is 4.90 Å². The summed E-state index contributed by atoms with van der Waals surface area (Å²) in [5.74, 6) is -0.206. The molecule has 24 heavy (non-hydrogen) atoms. The Labute approximate surface area is 147 Å². The smallest absolute Gasteiger partial charge is 0.406 e. The first-order valence-electron chi connectivity index (χ1n) is 7.48. The molecule has 0 radical (unpaired) electrons. The summed E-state index contributed by atoms with van der Waals surface area (Å²) in [6.07, 6.45) is -4.70. The Morgan fingerprint density at radius 3 is 2.54 bits per heavy atom. The summed E-state index contributed by atoms with van der Waals surface area (Å²) >= 11 is 7.51. The molecular formula is C16H16ClF3N2OS. The molecule has 1 fully saturated rings. The molecular weight excluding hydrogens is 361 g/mol. The lowest BCUT2D eigenvalue weighted by molar-refractivity contribution is -0.274. The maximum atomic E-state index is 12.5. The Morgan fingerprint density at radius 2 is 1.92 bits per heavy atom. The molecule has 1 aliphatic heterocycles. The third kappa shape index (κ3) is 4.42. The van der Waals surface area contributed by atoms with Crippen LogP contribution >= 0.6 is 22.9 Å². The molecule has 0 aliphatic carbocycles. The monoisotopic (exact) mass is 376 g/mol. The Balaban J connectivity index is 1.94. The zero-order valence-corrected chi connectivity index (χ0v) is 14.2. The minimum Gasteiger partial charge on any atom is -0.406 e. The molecule has 1 aliphatic rings. The highest BCUT2D eigenvalue weighted by molar-refractivity contribution is 7.16. The normalized spacial score (nSPS) is 17.7. The Hall–Kier alpha value is -1.28. The minimum absolute atomic E-state index is 0.138. The van der Waals surface area contributed by atoms with Crippen molar-refractivity contribution in [3.05, 3.63) is 51.2 Å². The Bertz CT molecular complexity index is 686. The Morgan fingerprint density at radius 1 is 1.17 bits per heavy atom. The second kappa shape index (κ2) is 7.31. The Kier molecular flexibility index (Phi) is 5.34. The number of halogens is 4. The third-order valence-electron chi connectivity index (χ3n) is 3.79. The molecule has 1 saturated heterocycles. The van der Waals surface area contributed by atoms with Gasteiger partial charge in [-0.2, -0.15) is 0 Å². The summed E-state index contributed by atoms with van der Waals surface area (Å²) in [6, 6.07) is 9.77. The van der Waals surface area contributed by atoms with Crippen molar-refractivity contribution < 1.29 is 17.9 Å². The fraction of sp³-hybridized carbons (Fsp3) is 0.375. The molecule has 3 rings (SSSR count). The van der Waals surface area contributed by atoms with Crippen molar-refractivity contribution in [1.82, 2.24) is 10.2 Å². The molecule has 0 saturated carbocycles. The standard InChI is InChI=1S/C16H16ClF3N2OS/c17-14-5-4-13(24-14)15(22-8-6-21-7-9-22)11-2-1-3-12(10-11)23-16(18,19)20/h1-5,10,15,21H,6-9H2/t15-/m1/s1. The largest absolute Gasteiger partial charge is 0.573 e. The van der Waals surface area contributed by atoms with Crippen LogP contribution in [0.3, 0.4) is 0 Å². The molecule has 0 bridgehead atoms. The number of hydrogen-bond acceptors (Lipinski definition) is 4. The molecule has 2 heterocycles. The first-order valence-corrected chi connectivity index (χ1v) is 8.67. The highest BCUT2D eigenvalue weighted by atomic mass is 35.5. The third-order valence-corrected chi connectivity index (χ3v) is 5.07. The van der Waals surface area contributed by atoms with Gasteiger partial charge in [0.15, 0.2) is 0 Å². The van der Waals surface area contributed by atoms with Crippen molar-refractivity contribution in [3.8, 4) is 5.75 Å². The molecule has 2 aromatic rings. The van der Waals surface area contributed by atoms with Crippen LogP contribution in [0.1, 0.15) is 16.5 Å². The van der Waals surface area contributed by atoms with E-state index in [4.69, 9.17) is 11.6 Å². The molecule has 1 atom stereocenters. The summed E-state index contributed by atoms with van der Waals surface area (Å²) in [5, 5.41) is 3.28. The number of thiophene rings is 1. The van der Waals surface area contributed by atoms with Gasteiger partial charge in [-0.1, -0.05) is 23.7 Å². The number of nitrogens with zero attached hydrogens (tertiary/aromatic N) is 1. The van der Waals surface area contributed by atoms with Crippen LogP contribution in [0.25, 0.3) is 0 Å². The lowest BCUT2D eigenvalue weighted by atomic mass is 10.0. The van der Waals surface area contributed by atoms with Crippen LogP contribution < -0.4 is 10.1 Å². The van der Waals surface area contributed by atoms with Gasteiger partial charge in [-0.15, -0.1) is 24.5 Å². The zero-order valence-electron chi connectivity index (χ0n) is 12.6. The zero-order chi connectivity index (χ0) is 17.2. The highest BCUT2D eigenvalue weighted by Crippen LogP contribution is 2.37. The van der Waals surface area contributed by atoms with Gasteiger partial charge < -0.3 is 10.1 Å². The van der Waals surface area contributed by atoms with Crippen molar-refractivity contribution in [1.29, 1.82) is 0 Å². The molecule has 0 amide bonds. The van der Waals surface area contributed by atoms with Crippen LogP contribution in [0.5, 0.6) is 5.75 Å². The van der Waals surface area contributed by atoms with Crippen molar-refractivity contribution in [2.24, 2.45) is 0 Å². The molecule has 0 unspecified atom stereocenters. The maximum absolute atomic E-state index is 12.5. The van der Waals surface area contributed by atoms with Gasteiger partial charge in [0.05, 0.1) is 10.4 Å². The van der Waals surface area contributed by atoms with E-state index < -0.39 is 6.36 Å². The van der Waals surface area contributed by atoms with Crippen LogP contribution in [-0.2, 0) is 0 Å². The summed E-state index contributed by atoms with van der Waals surface area (Å²) in [4.78, 5) is 3.25. The molecule has 1 N–H and O–H groups in total. The predicted octanol–water partition coefficient (Wildman–Crippen LogP) is 4.29. The van der Waals surface area contributed by atoms with E-state index in [2.05, 4.69) is 15.0 Å². The lowest BCUT2D eigenvalue weighted by Gasteiger charge is -2.34. The average Bonchev–Trinajstić information content (AvgIpc) is 2.93. The number of nitrogens with one attached hydrogen (secondary N) is 1. The number of alkyl halides is 3. The summed E-state index contributed by atoms with van der Waals surface area (Å²) < 4.78 is 42.2. The van der Waals surface area contributed by atoms with E-state index in [1.807, 2.05) is 18.2 Å². The second-order valence-electron chi connectivity index (χ2n) is 5.45. The number of benzene rings is 1. The van der Waals surface area contributed by atoms with Gasteiger partial charge in [0.2, 0.25) is 0 Å². The molecule has 8 heteroatoms. The fourth-order valence-corrected chi connectivity index (χ4v) is 4.08. The van der Waals surface area contributed by atoms with Crippen molar-refractivity contribution >= 4 is 22.9 Å². The number of piperazine rings is 1. The minimum atomic E-state index is -4.70. The lowest BCUT2D eigenvalue weighted by Crippen LogP contribution is -2.45. The van der Waals surface area contributed by atoms with Crippen molar-refractivity contribution in [2.45, 2.75) is 12.4 Å². The van der Waals surface area contributed by atoms with E-state index in [9.17, 15) is 13.2 Å². The topological polar surface area (TPSA) is 24.5 Å². The summed E-state index contributed by atoms with van der Waals surface area (Å²) in [7, 11) is 0. The van der Waals surface area contributed by atoms with E-state index in [0.29, 0.717) is 4.34 Å². The fourth-order valence-electron chi connectivity index (χ4n) is 2.85. The van der Waals surface area contributed by atoms with Gasteiger partial charge in [-0.25, -0.2) is 0 Å². The van der Waals surface area contributed by atoms with Crippen LogP contribution in [0.4, 0.5) is 13.2 Å². The van der Waals surface area contributed by atoms with E-state index in [1.165, 1.54) is 23.5 Å². The molecule has 0 spiro atoms. The first-order chi connectivity index (χ1) is 11.4. The molecule has 1 aromatic carbocycles. The van der Waals surface area contributed by atoms with Gasteiger partial charge in [0.1, 0.15) is 5.75 Å². The number of ether oxygens (including phenoxy) is 1. The van der Waals surface area contributed by atoms with Crippen LogP contribution in [0.2, 0.25) is 4.34 Å². The van der Waals surface area contributed by atoms with Crippen molar-refractivity contribution in [2.75, 3.05) is 26.2 Å². The molecule has 3 nitrogen and oxygen atoms in total. The predicted molar refractivity (Wildman–Crippen MR) is 88.7 cm³/mol. The van der Waals surface area contributed by atoms with E-state index in [-0.39, 0.29) is 11.8 Å². The highest BCUT2D eigenvalue weighted by Gasteiger charge is 2.32. The van der Waals surface area contributed by atoms with E-state index in [0.717, 1.165) is 36.6 Å². The van der Waals surface area contributed by atoms with Gasteiger partial charge in [0, 0.05) is 31.1 Å². The SMILES string of the molecule is FC(F)(F)Oc1cccc([C@H](c2ccc(Cl)s2)N2CCNCC2)c1.